The minimum absolute atomic E-state index is 0.173. The largest absolute Gasteiger partial charge is 0.394 e. The molecule has 0 aliphatic carbocycles. The Kier molecular flexibility index (Phi) is 5.36. The molecule has 1 fully saturated rings. The maximum Gasteiger partial charge on any atom is 0.0897 e. The summed E-state index contributed by atoms with van der Waals surface area (Å²) < 4.78 is 5.52. The first-order chi connectivity index (χ1) is 6.76. The molecule has 3 N–H and O–H groups in total. The molecule has 0 bridgehead atoms. The van der Waals surface area contributed by atoms with Gasteiger partial charge in [-0.05, 0) is 7.05 Å². The van der Waals surface area contributed by atoms with Gasteiger partial charge < -0.3 is 20.3 Å². The normalized spacial score (nSPS) is 26.4. The van der Waals surface area contributed by atoms with Crippen LogP contribution in [0.25, 0.3) is 0 Å². The van der Waals surface area contributed by atoms with Crippen LogP contribution in [0.1, 0.15) is 0 Å². The lowest BCUT2D eigenvalue weighted by Gasteiger charge is -2.33. The third-order valence-corrected chi connectivity index (χ3v) is 2.33. The van der Waals surface area contributed by atoms with Crippen molar-refractivity contribution in [3.8, 4) is 0 Å². The van der Waals surface area contributed by atoms with Gasteiger partial charge in [0.1, 0.15) is 0 Å². The van der Waals surface area contributed by atoms with Gasteiger partial charge in [-0.25, -0.2) is 0 Å². The summed E-state index contributed by atoms with van der Waals surface area (Å²) in [6.07, 6.45) is -0.442. The number of likely N-dealkylation sites (N-methyl/N-ethyl adjacent to an activating group) is 1. The zero-order valence-corrected chi connectivity index (χ0v) is 8.65. The first-order valence-electron chi connectivity index (χ1n) is 5.03. The number of hydrogen-bond donors (Lipinski definition) is 3. The molecular weight excluding hydrogens is 184 g/mol. The molecule has 1 heterocycles. The fourth-order valence-electron chi connectivity index (χ4n) is 1.65. The molecule has 0 aromatic heterocycles. The van der Waals surface area contributed by atoms with Gasteiger partial charge in [0.2, 0.25) is 0 Å². The molecule has 0 saturated carbocycles. The van der Waals surface area contributed by atoms with Crippen molar-refractivity contribution in [1.82, 2.24) is 10.2 Å². The molecule has 0 amide bonds. The van der Waals surface area contributed by atoms with Gasteiger partial charge in [-0.15, -0.1) is 0 Å². The minimum Gasteiger partial charge on any atom is -0.394 e. The van der Waals surface area contributed by atoms with Gasteiger partial charge in [0.05, 0.1) is 25.4 Å². The summed E-state index contributed by atoms with van der Waals surface area (Å²) in [5.41, 5.74) is 0. The molecule has 1 saturated heterocycles. The van der Waals surface area contributed by atoms with Crippen LogP contribution in [0.5, 0.6) is 0 Å². The Morgan fingerprint density at radius 3 is 3.07 bits per heavy atom. The van der Waals surface area contributed by atoms with Crippen LogP contribution in [0.2, 0.25) is 0 Å². The van der Waals surface area contributed by atoms with E-state index in [2.05, 4.69) is 10.2 Å². The van der Waals surface area contributed by atoms with Crippen molar-refractivity contribution in [3.05, 3.63) is 0 Å². The van der Waals surface area contributed by atoms with Crippen LogP contribution < -0.4 is 5.32 Å². The second kappa shape index (κ2) is 6.31. The number of aliphatic hydroxyl groups is 2. The molecule has 0 aromatic rings. The standard InChI is InChI=1S/C9H20N2O3/c1-10-4-9-6-11(2-3-14-9)5-8(13)7-12/h8-10,12-13H,2-7H2,1H3. The third kappa shape index (κ3) is 3.89. The second-order valence-corrected chi connectivity index (χ2v) is 3.65. The zero-order chi connectivity index (χ0) is 10.4. The Hall–Kier alpha value is -0.200. The molecule has 1 aliphatic heterocycles. The first kappa shape index (κ1) is 11.9. The lowest BCUT2D eigenvalue weighted by molar-refractivity contribution is -0.0437. The van der Waals surface area contributed by atoms with Crippen molar-refractivity contribution in [2.45, 2.75) is 12.2 Å². The van der Waals surface area contributed by atoms with E-state index < -0.39 is 6.10 Å². The number of ether oxygens (including phenoxy) is 1. The Bertz CT molecular complexity index is 155. The second-order valence-electron chi connectivity index (χ2n) is 3.65. The lowest BCUT2D eigenvalue weighted by Crippen LogP contribution is -2.48. The van der Waals surface area contributed by atoms with Crippen LogP contribution in [-0.2, 0) is 4.74 Å². The van der Waals surface area contributed by atoms with Crippen molar-refractivity contribution >= 4 is 0 Å². The van der Waals surface area contributed by atoms with Crippen LogP contribution in [0.15, 0.2) is 0 Å². The summed E-state index contributed by atoms with van der Waals surface area (Å²) in [4.78, 5) is 2.12. The smallest absolute Gasteiger partial charge is 0.0897 e. The fraction of sp³-hybridized carbons (Fsp3) is 1.00. The van der Waals surface area contributed by atoms with Crippen LogP contribution in [0, 0.1) is 0 Å². The van der Waals surface area contributed by atoms with Crippen LogP contribution in [0.4, 0.5) is 0 Å². The number of morpholine rings is 1. The molecule has 0 radical (unpaired) electrons. The molecule has 5 heteroatoms. The number of rotatable bonds is 5. The molecule has 0 aromatic carbocycles. The zero-order valence-electron chi connectivity index (χ0n) is 8.65. The molecule has 5 nitrogen and oxygen atoms in total. The molecule has 1 rings (SSSR count). The number of aliphatic hydroxyl groups excluding tert-OH is 2. The predicted molar refractivity (Wildman–Crippen MR) is 53.2 cm³/mol. The molecule has 84 valence electrons. The fourth-order valence-corrected chi connectivity index (χ4v) is 1.65. The maximum absolute atomic E-state index is 9.28. The van der Waals surface area contributed by atoms with Crippen molar-refractivity contribution in [2.75, 3.05) is 46.4 Å². The van der Waals surface area contributed by atoms with Crippen molar-refractivity contribution in [2.24, 2.45) is 0 Å². The molecule has 0 spiro atoms. The SMILES string of the molecule is CNCC1CN(CC(O)CO)CCO1. The number of nitrogens with zero attached hydrogens (tertiary/aromatic N) is 1. The monoisotopic (exact) mass is 204 g/mol. The highest BCUT2D eigenvalue weighted by Crippen LogP contribution is 2.04. The highest BCUT2D eigenvalue weighted by atomic mass is 16.5. The number of nitrogens with one attached hydrogen (secondary N) is 1. The van der Waals surface area contributed by atoms with Gasteiger partial charge in [-0.2, -0.15) is 0 Å². The highest BCUT2D eigenvalue weighted by Gasteiger charge is 2.21. The molecular formula is C9H20N2O3. The van der Waals surface area contributed by atoms with E-state index in [1.807, 2.05) is 7.05 Å². The van der Waals surface area contributed by atoms with E-state index >= 15 is 0 Å². The Balaban J connectivity index is 2.25. The van der Waals surface area contributed by atoms with E-state index in [-0.39, 0.29) is 12.7 Å². The summed E-state index contributed by atoms with van der Waals surface area (Å²) in [5, 5.41) is 21.1. The predicted octanol–water partition coefficient (Wildman–Crippen LogP) is -1.74. The maximum atomic E-state index is 9.28. The minimum atomic E-state index is -0.636. The van der Waals surface area contributed by atoms with E-state index in [0.29, 0.717) is 13.2 Å². The third-order valence-electron chi connectivity index (χ3n) is 2.33. The quantitative estimate of drug-likeness (QED) is 0.496. The van der Waals surface area contributed by atoms with E-state index in [4.69, 9.17) is 9.84 Å². The summed E-state index contributed by atoms with van der Waals surface area (Å²) in [6.45, 7) is 3.53. The van der Waals surface area contributed by atoms with Crippen LogP contribution in [0.3, 0.4) is 0 Å². The Labute approximate surface area is 84.7 Å². The molecule has 2 unspecified atom stereocenters. The lowest BCUT2D eigenvalue weighted by atomic mass is 10.2. The van der Waals surface area contributed by atoms with Crippen molar-refractivity contribution in [1.29, 1.82) is 0 Å². The summed E-state index contributed by atoms with van der Waals surface area (Å²) >= 11 is 0. The first-order valence-corrected chi connectivity index (χ1v) is 5.03. The summed E-state index contributed by atoms with van der Waals surface area (Å²) in [6, 6.07) is 0. The van der Waals surface area contributed by atoms with E-state index in [0.717, 1.165) is 19.6 Å². The van der Waals surface area contributed by atoms with Crippen LogP contribution in [-0.4, -0.2) is 73.8 Å². The average Bonchev–Trinajstić information content (AvgIpc) is 2.19. The molecule has 1 aliphatic rings. The van der Waals surface area contributed by atoms with Gasteiger partial charge in [0.15, 0.2) is 0 Å². The van der Waals surface area contributed by atoms with E-state index in [1.54, 1.807) is 0 Å². The van der Waals surface area contributed by atoms with Gasteiger partial charge in [0.25, 0.3) is 0 Å². The van der Waals surface area contributed by atoms with Crippen molar-refractivity contribution in [3.63, 3.8) is 0 Å². The Morgan fingerprint density at radius 2 is 2.43 bits per heavy atom. The van der Waals surface area contributed by atoms with E-state index in [9.17, 15) is 5.11 Å². The van der Waals surface area contributed by atoms with E-state index in [1.165, 1.54) is 0 Å². The highest BCUT2D eigenvalue weighted by molar-refractivity contribution is 4.74. The van der Waals surface area contributed by atoms with Gasteiger partial charge >= 0.3 is 0 Å². The summed E-state index contributed by atoms with van der Waals surface area (Å²) in [7, 11) is 1.89. The average molecular weight is 204 g/mol. The van der Waals surface area contributed by atoms with Crippen molar-refractivity contribution < 1.29 is 14.9 Å². The number of β-amino-alcohol motifs (C(OH)–C–C–N with tert-alkyl or cyclic N) is 1. The van der Waals surface area contributed by atoms with Gasteiger partial charge in [-0.3, -0.25) is 4.90 Å². The number of hydrogen-bond acceptors (Lipinski definition) is 5. The van der Waals surface area contributed by atoms with Gasteiger partial charge in [-0.1, -0.05) is 0 Å². The Morgan fingerprint density at radius 1 is 1.64 bits per heavy atom. The van der Waals surface area contributed by atoms with Crippen LogP contribution >= 0.6 is 0 Å². The topological polar surface area (TPSA) is 65.0 Å². The van der Waals surface area contributed by atoms with Gasteiger partial charge in [0, 0.05) is 26.2 Å². The molecule has 14 heavy (non-hydrogen) atoms. The summed E-state index contributed by atoms with van der Waals surface area (Å²) in [5.74, 6) is 0. The molecule has 2 atom stereocenters.